The summed E-state index contributed by atoms with van der Waals surface area (Å²) in [5.41, 5.74) is -2.96. The van der Waals surface area contributed by atoms with E-state index >= 15 is 0 Å². The highest BCUT2D eigenvalue weighted by atomic mass is 19.3. The first-order valence-electron chi connectivity index (χ1n) is 3.80. The van der Waals surface area contributed by atoms with Gasteiger partial charge >= 0.3 is 5.97 Å². The molecule has 0 aliphatic rings. The summed E-state index contributed by atoms with van der Waals surface area (Å²) in [6.45, 7) is 0. The van der Waals surface area contributed by atoms with Crippen LogP contribution in [0, 0.1) is 0 Å². The molecular weight excluding hydrogens is 212 g/mol. The van der Waals surface area contributed by atoms with Crippen molar-refractivity contribution < 1.29 is 23.4 Å². The Morgan fingerprint density at radius 1 is 1.60 bits per heavy atom. The average Bonchev–Trinajstić information content (AvgIpc) is 2.15. The first-order chi connectivity index (χ1) is 6.99. The van der Waals surface area contributed by atoms with Crippen molar-refractivity contribution in [1.29, 1.82) is 0 Å². The van der Waals surface area contributed by atoms with E-state index in [-0.39, 0.29) is 5.88 Å². The van der Waals surface area contributed by atoms with E-state index in [0.717, 1.165) is 13.3 Å². The number of aromatic carboxylic acids is 1. The average molecular weight is 219 g/mol. The molecule has 1 aromatic rings. The molecule has 0 radical (unpaired) electrons. The third-order valence-corrected chi connectivity index (χ3v) is 1.73. The quantitative estimate of drug-likeness (QED) is 0.795. The predicted molar refractivity (Wildman–Crippen MR) is 45.5 cm³/mol. The Morgan fingerprint density at radius 2 is 2.20 bits per heavy atom. The number of pyridine rings is 1. The highest BCUT2D eigenvalue weighted by Crippen LogP contribution is 2.18. The van der Waals surface area contributed by atoms with Crippen molar-refractivity contribution >= 4 is 5.97 Å². The van der Waals surface area contributed by atoms with Gasteiger partial charge in [0.1, 0.15) is 0 Å². The molecule has 0 fully saturated rings. The van der Waals surface area contributed by atoms with Gasteiger partial charge in [-0.2, -0.15) is 0 Å². The summed E-state index contributed by atoms with van der Waals surface area (Å²) in [5.74, 6) is -1.97. The zero-order valence-corrected chi connectivity index (χ0v) is 7.58. The molecule has 1 heterocycles. The van der Waals surface area contributed by atoms with E-state index in [9.17, 15) is 18.4 Å². The number of aromatic nitrogens is 1. The van der Waals surface area contributed by atoms with Crippen molar-refractivity contribution in [3.63, 3.8) is 0 Å². The molecule has 7 heteroatoms. The monoisotopic (exact) mass is 219 g/mol. The lowest BCUT2D eigenvalue weighted by Crippen LogP contribution is -2.21. The zero-order chi connectivity index (χ0) is 11.6. The van der Waals surface area contributed by atoms with E-state index in [1.165, 1.54) is 0 Å². The Labute approximate surface area is 82.3 Å². The number of halogens is 2. The number of hydrogen-bond donors (Lipinski definition) is 2. The van der Waals surface area contributed by atoms with Gasteiger partial charge in [0, 0.05) is 6.20 Å². The standard InChI is InChI=1S/C8H7F2NO4/c1-15-7-4(8(13)14)5(12)3(2-11-7)6(9)10/h2,6H,1H3,(H,11,12)(H,13,14). The molecule has 0 aliphatic heterocycles. The maximum absolute atomic E-state index is 12.3. The van der Waals surface area contributed by atoms with Gasteiger partial charge in [0.25, 0.3) is 6.43 Å². The van der Waals surface area contributed by atoms with Gasteiger partial charge in [0.2, 0.25) is 11.3 Å². The third kappa shape index (κ3) is 1.95. The number of methoxy groups -OCH3 is 1. The molecule has 0 aromatic carbocycles. The number of H-pyrrole nitrogens is 1. The highest BCUT2D eigenvalue weighted by Gasteiger charge is 2.22. The molecule has 0 saturated carbocycles. The van der Waals surface area contributed by atoms with Crippen LogP contribution in [-0.4, -0.2) is 23.2 Å². The topological polar surface area (TPSA) is 79.4 Å². The summed E-state index contributed by atoms with van der Waals surface area (Å²) in [6.07, 6.45) is -2.30. The molecule has 1 rings (SSSR count). The number of nitrogens with one attached hydrogen (secondary N) is 1. The minimum Gasteiger partial charge on any atom is -0.482 e. The van der Waals surface area contributed by atoms with Crippen LogP contribution in [0.5, 0.6) is 5.88 Å². The second-order valence-electron chi connectivity index (χ2n) is 2.59. The van der Waals surface area contributed by atoms with Gasteiger partial charge in [-0.1, -0.05) is 0 Å². The van der Waals surface area contributed by atoms with Gasteiger partial charge in [-0.25, -0.2) is 13.6 Å². The maximum atomic E-state index is 12.3. The Kier molecular flexibility index (Phi) is 3.03. The highest BCUT2D eigenvalue weighted by molar-refractivity contribution is 5.90. The smallest absolute Gasteiger partial charge is 0.345 e. The second-order valence-corrected chi connectivity index (χ2v) is 2.59. The molecule has 1 aromatic heterocycles. The van der Waals surface area contributed by atoms with Gasteiger partial charge in [-0.15, -0.1) is 0 Å². The van der Waals surface area contributed by atoms with Crippen LogP contribution in [0.25, 0.3) is 0 Å². The minimum absolute atomic E-state index is 0.350. The SMILES string of the molecule is COc1[nH]cc(C(F)F)c(=O)c1C(=O)O. The van der Waals surface area contributed by atoms with Crippen molar-refractivity contribution in [2.45, 2.75) is 6.43 Å². The van der Waals surface area contributed by atoms with E-state index in [1.54, 1.807) is 0 Å². The summed E-state index contributed by atoms with van der Waals surface area (Å²) in [7, 11) is 1.12. The molecule has 0 amide bonds. The van der Waals surface area contributed by atoms with Crippen molar-refractivity contribution in [1.82, 2.24) is 4.98 Å². The van der Waals surface area contributed by atoms with E-state index in [4.69, 9.17) is 5.11 Å². The maximum Gasteiger partial charge on any atom is 0.345 e. The van der Waals surface area contributed by atoms with Crippen LogP contribution in [-0.2, 0) is 0 Å². The van der Waals surface area contributed by atoms with Gasteiger partial charge in [0.05, 0.1) is 12.7 Å². The van der Waals surface area contributed by atoms with Crippen molar-refractivity contribution in [2.75, 3.05) is 7.11 Å². The van der Waals surface area contributed by atoms with Gasteiger partial charge in [0.15, 0.2) is 5.56 Å². The number of carboxylic acids is 1. The molecule has 82 valence electrons. The fraction of sp³-hybridized carbons (Fsp3) is 0.250. The van der Waals surface area contributed by atoms with Crippen molar-refractivity contribution in [2.24, 2.45) is 0 Å². The lowest BCUT2D eigenvalue weighted by atomic mass is 10.2. The van der Waals surface area contributed by atoms with E-state index in [1.807, 2.05) is 0 Å². The molecule has 0 saturated heterocycles. The summed E-state index contributed by atoms with van der Waals surface area (Å²) >= 11 is 0. The number of alkyl halides is 2. The number of carbonyl (C=O) groups is 1. The molecule has 15 heavy (non-hydrogen) atoms. The van der Waals surface area contributed by atoms with Crippen LogP contribution in [0.3, 0.4) is 0 Å². The molecule has 0 aliphatic carbocycles. The zero-order valence-electron chi connectivity index (χ0n) is 7.58. The summed E-state index contributed by atoms with van der Waals surface area (Å²) in [5, 5.41) is 8.64. The normalized spacial score (nSPS) is 10.4. The lowest BCUT2D eigenvalue weighted by molar-refractivity contribution is 0.0690. The van der Waals surface area contributed by atoms with Crippen LogP contribution in [0.15, 0.2) is 11.0 Å². The number of carboxylic acid groups (broad SMARTS) is 1. The first-order valence-corrected chi connectivity index (χ1v) is 3.80. The Bertz CT molecular complexity index is 441. The van der Waals surface area contributed by atoms with Gasteiger partial charge < -0.3 is 14.8 Å². The van der Waals surface area contributed by atoms with Crippen LogP contribution >= 0.6 is 0 Å². The van der Waals surface area contributed by atoms with Crippen LogP contribution < -0.4 is 10.2 Å². The summed E-state index contributed by atoms with van der Waals surface area (Å²) in [6, 6.07) is 0. The van der Waals surface area contributed by atoms with Crippen LogP contribution in [0.2, 0.25) is 0 Å². The molecule has 0 spiro atoms. The molecule has 0 atom stereocenters. The molecule has 0 bridgehead atoms. The predicted octanol–water partition coefficient (Wildman–Crippen LogP) is 1.02. The second kappa shape index (κ2) is 4.07. The van der Waals surface area contributed by atoms with E-state index in [2.05, 4.69) is 9.72 Å². The number of rotatable bonds is 3. The Morgan fingerprint density at radius 3 is 2.60 bits per heavy atom. The van der Waals surface area contributed by atoms with Crippen molar-refractivity contribution in [3.8, 4) is 5.88 Å². The first kappa shape index (κ1) is 11.2. The summed E-state index contributed by atoms with van der Waals surface area (Å²) < 4.78 is 29.0. The van der Waals surface area contributed by atoms with E-state index in [0.29, 0.717) is 0 Å². The fourth-order valence-electron chi connectivity index (χ4n) is 1.05. The van der Waals surface area contributed by atoms with Crippen molar-refractivity contribution in [3.05, 3.63) is 27.5 Å². The van der Waals surface area contributed by atoms with Gasteiger partial charge in [-0.05, 0) is 0 Å². The Balaban J connectivity index is 3.50. The number of ether oxygens (including phenoxy) is 1. The lowest BCUT2D eigenvalue weighted by Gasteiger charge is -2.05. The van der Waals surface area contributed by atoms with Crippen LogP contribution in [0.4, 0.5) is 8.78 Å². The van der Waals surface area contributed by atoms with Crippen LogP contribution in [0.1, 0.15) is 22.3 Å². The van der Waals surface area contributed by atoms with E-state index < -0.39 is 29.0 Å². The summed E-state index contributed by atoms with van der Waals surface area (Å²) in [4.78, 5) is 24.1. The molecular formula is C8H7F2NO4. The number of hydrogen-bond acceptors (Lipinski definition) is 3. The molecule has 0 unspecified atom stereocenters. The molecule has 2 N–H and O–H groups in total. The molecule has 5 nitrogen and oxygen atoms in total. The third-order valence-electron chi connectivity index (χ3n) is 1.73. The fourth-order valence-corrected chi connectivity index (χ4v) is 1.05. The minimum atomic E-state index is -3.03. The Hall–Kier alpha value is -1.92. The number of aromatic amines is 1. The largest absolute Gasteiger partial charge is 0.482 e. The van der Waals surface area contributed by atoms with Gasteiger partial charge in [-0.3, -0.25) is 4.79 Å².